The Balaban J connectivity index is 2.24. The number of amides is 1. The fourth-order valence-corrected chi connectivity index (χ4v) is 2.43. The molecule has 98 valence electrons. The zero-order chi connectivity index (χ0) is 14.0. The minimum Gasteiger partial charge on any atom is -0.393 e. The predicted molar refractivity (Wildman–Crippen MR) is 75.3 cm³/mol. The molecule has 7 nitrogen and oxygen atoms in total. The summed E-state index contributed by atoms with van der Waals surface area (Å²) >= 11 is 4.46. The number of nitro groups is 1. The zero-order valence-corrected chi connectivity index (χ0v) is 11.7. The van der Waals surface area contributed by atoms with E-state index in [4.69, 9.17) is 5.73 Å². The molecule has 0 unspecified atom stereocenters. The van der Waals surface area contributed by atoms with E-state index in [1.165, 1.54) is 23.5 Å². The van der Waals surface area contributed by atoms with Crippen LogP contribution in [0, 0.1) is 10.1 Å². The normalized spacial score (nSPS) is 10.2. The molecule has 0 spiro atoms. The number of benzene rings is 1. The molecule has 0 atom stereocenters. The van der Waals surface area contributed by atoms with Crippen LogP contribution in [0.2, 0.25) is 0 Å². The lowest BCUT2D eigenvalue weighted by molar-refractivity contribution is -0.383. The quantitative estimate of drug-likeness (QED) is 0.506. The maximum absolute atomic E-state index is 11.9. The van der Waals surface area contributed by atoms with Crippen LogP contribution in [0.5, 0.6) is 0 Å². The third-order valence-electron chi connectivity index (χ3n) is 2.19. The molecule has 1 heterocycles. The van der Waals surface area contributed by atoms with Crippen LogP contribution in [0.1, 0.15) is 10.4 Å². The van der Waals surface area contributed by atoms with E-state index in [1.54, 1.807) is 6.20 Å². The van der Waals surface area contributed by atoms with Crippen molar-refractivity contribution in [2.24, 2.45) is 0 Å². The number of nitrogens with two attached hydrogens (primary N) is 1. The highest BCUT2D eigenvalue weighted by atomic mass is 79.9. The van der Waals surface area contributed by atoms with Gasteiger partial charge in [-0.15, -0.1) is 0 Å². The number of hydrogen-bond donors (Lipinski definition) is 2. The first-order valence-corrected chi connectivity index (χ1v) is 6.55. The number of nitro benzene ring substituents is 1. The summed E-state index contributed by atoms with van der Waals surface area (Å²) in [6, 6.07) is 3.87. The van der Waals surface area contributed by atoms with Gasteiger partial charge in [0.1, 0.15) is 5.69 Å². The molecule has 1 aromatic carbocycles. The van der Waals surface area contributed by atoms with E-state index in [9.17, 15) is 14.9 Å². The van der Waals surface area contributed by atoms with Gasteiger partial charge in [-0.1, -0.05) is 11.3 Å². The number of hydrogen-bond acceptors (Lipinski definition) is 6. The molecule has 0 aliphatic carbocycles. The van der Waals surface area contributed by atoms with Crippen molar-refractivity contribution in [2.45, 2.75) is 0 Å². The van der Waals surface area contributed by atoms with Crippen LogP contribution < -0.4 is 11.1 Å². The van der Waals surface area contributed by atoms with Gasteiger partial charge in [0.05, 0.1) is 14.9 Å². The Hall–Kier alpha value is -2.00. The average Bonchev–Trinajstić information content (AvgIpc) is 2.74. The van der Waals surface area contributed by atoms with Crippen molar-refractivity contribution in [3.63, 3.8) is 0 Å². The second kappa shape index (κ2) is 5.33. The number of nitrogens with zero attached hydrogens (tertiary/aromatic N) is 2. The standard InChI is InChI=1S/C10H7BrN4O3S/c11-8-4-13-10(19-8)14-9(16)5-1-2-6(12)7(3-5)15(17)18/h1-4H,12H2,(H,13,14,16). The second-order valence-electron chi connectivity index (χ2n) is 3.45. The third-order valence-corrected chi connectivity index (χ3v) is 3.58. The summed E-state index contributed by atoms with van der Waals surface area (Å²) in [5.41, 5.74) is 5.32. The van der Waals surface area contributed by atoms with Gasteiger partial charge in [-0.05, 0) is 28.1 Å². The van der Waals surface area contributed by atoms with Gasteiger partial charge in [0, 0.05) is 11.6 Å². The molecular formula is C10H7BrN4O3S. The number of carbonyl (C=O) groups is 1. The van der Waals surface area contributed by atoms with E-state index >= 15 is 0 Å². The minimum absolute atomic E-state index is 0.0125. The predicted octanol–water partition coefficient (Wildman–Crippen LogP) is 2.65. The number of rotatable bonds is 3. The summed E-state index contributed by atoms with van der Waals surface area (Å²) in [5.74, 6) is -0.482. The molecule has 9 heteroatoms. The van der Waals surface area contributed by atoms with Gasteiger partial charge in [-0.25, -0.2) is 4.98 Å². The summed E-state index contributed by atoms with van der Waals surface area (Å²) in [6.45, 7) is 0. The smallest absolute Gasteiger partial charge is 0.292 e. The van der Waals surface area contributed by atoms with E-state index in [-0.39, 0.29) is 16.9 Å². The number of aromatic nitrogens is 1. The summed E-state index contributed by atoms with van der Waals surface area (Å²) < 4.78 is 0.770. The van der Waals surface area contributed by atoms with Crippen LogP contribution in [0.4, 0.5) is 16.5 Å². The Labute approximate surface area is 119 Å². The van der Waals surface area contributed by atoms with Crippen molar-refractivity contribution in [1.29, 1.82) is 0 Å². The van der Waals surface area contributed by atoms with Crippen molar-refractivity contribution in [3.05, 3.63) is 43.9 Å². The van der Waals surface area contributed by atoms with Gasteiger partial charge in [0.15, 0.2) is 5.13 Å². The van der Waals surface area contributed by atoms with E-state index in [0.29, 0.717) is 5.13 Å². The van der Waals surface area contributed by atoms with Crippen molar-refractivity contribution in [1.82, 2.24) is 4.98 Å². The topological polar surface area (TPSA) is 111 Å². The lowest BCUT2D eigenvalue weighted by Crippen LogP contribution is -2.12. The van der Waals surface area contributed by atoms with Crippen LogP contribution in [0.15, 0.2) is 28.2 Å². The highest BCUT2D eigenvalue weighted by Gasteiger charge is 2.16. The molecule has 1 aromatic heterocycles. The third kappa shape index (κ3) is 3.06. The molecule has 2 rings (SSSR count). The second-order valence-corrected chi connectivity index (χ2v) is 5.86. The summed E-state index contributed by atoms with van der Waals surface area (Å²) in [4.78, 5) is 25.9. The molecule has 0 aliphatic heterocycles. The Kier molecular flexibility index (Phi) is 3.76. The van der Waals surface area contributed by atoms with E-state index < -0.39 is 10.8 Å². The molecule has 0 aliphatic rings. The van der Waals surface area contributed by atoms with Crippen LogP contribution >= 0.6 is 27.3 Å². The Morgan fingerprint density at radius 2 is 2.26 bits per heavy atom. The molecule has 19 heavy (non-hydrogen) atoms. The largest absolute Gasteiger partial charge is 0.393 e. The van der Waals surface area contributed by atoms with Crippen molar-refractivity contribution >= 4 is 49.7 Å². The van der Waals surface area contributed by atoms with Gasteiger partial charge in [0.2, 0.25) is 0 Å². The van der Waals surface area contributed by atoms with Crippen LogP contribution in [-0.2, 0) is 0 Å². The lowest BCUT2D eigenvalue weighted by Gasteiger charge is -2.03. The van der Waals surface area contributed by atoms with Gasteiger partial charge in [-0.2, -0.15) is 0 Å². The van der Waals surface area contributed by atoms with E-state index in [2.05, 4.69) is 26.2 Å². The highest BCUT2D eigenvalue weighted by molar-refractivity contribution is 9.11. The first-order chi connectivity index (χ1) is 8.97. The molecule has 0 radical (unpaired) electrons. The van der Waals surface area contributed by atoms with Crippen molar-refractivity contribution in [3.8, 4) is 0 Å². The van der Waals surface area contributed by atoms with Gasteiger partial charge in [-0.3, -0.25) is 20.2 Å². The summed E-state index contributed by atoms with van der Waals surface area (Å²) in [5, 5.41) is 13.7. The number of anilines is 2. The Bertz CT molecular complexity index is 658. The molecular weight excluding hydrogens is 336 g/mol. The number of carbonyl (C=O) groups excluding carboxylic acids is 1. The lowest BCUT2D eigenvalue weighted by atomic mass is 10.1. The SMILES string of the molecule is Nc1ccc(C(=O)Nc2ncc(Br)s2)cc1[N+](=O)[O-]. The zero-order valence-electron chi connectivity index (χ0n) is 9.29. The van der Waals surface area contributed by atoms with Crippen LogP contribution in [0.3, 0.4) is 0 Å². The summed E-state index contributed by atoms with van der Waals surface area (Å²) in [7, 11) is 0. The number of thiazole rings is 1. The molecule has 0 saturated heterocycles. The number of nitrogen functional groups attached to an aromatic ring is 1. The fraction of sp³-hybridized carbons (Fsp3) is 0. The van der Waals surface area contributed by atoms with Gasteiger partial charge in [0.25, 0.3) is 11.6 Å². The summed E-state index contributed by atoms with van der Waals surface area (Å²) in [6.07, 6.45) is 1.55. The molecule has 0 bridgehead atoms. The average molecular weight is 343 g/mol. The Morgan fingerprint density at radius 1 is 1.53 bits per heavy atom. The van der Waals surface area contributed by atoms with E-state index in [0.717, 1.165) is 9.85 Å². The monoisotopic (exact) mass is 342 g/mol. The Morgan fingerprint density at radius 3 is 2.84 bits per heavy atom. The molecule has 2 aromatic rings. The maximum Gasteiger partial charge on any atom is 0.292 e. The highest BCUT2D eigenvalue weighted by Crippen LogP contribution is 2.25. The molecule has 0 fully saturated rings. The number of halogens is 1. The number of nitrogens with one attached hydrogen (secondary N) is 1. The van der Waals surface area contributed by atoms with Gasteiger partial charge >= 0.3 is 0 Å². The minimum atomic E-state index is -0.633. The van der Waals surface area contributed by atoms with Crippen LogP contribution in [-0.4, -0.2) is 15.8 Å². The first-order valence-electron chi connectivity index (χ1n) is 4.94. The molecule has 0 saturated carbocycles. The van der Waals surface area contributed by atoms with Crippen molar-refractivity contribution < 1.29 is 9.72 Å². The first kappa shape index (κ1) is 13.4. The molecule has 1 amide bonds. The van der Waals surface area contributed by atoms with E-state index in [1.807, 2.05) is 0 Å². The van der Waals surface area contributed by atoms with Gasteiger partial charge < -0.3 is 5.73 Å². The fourth-order valence-electron chi connectivity index (χ4n) is 1.32. The maximum atomic E-state index is 11.9. The van der Waals surface area contributed by atoms with Crippen LogP contribution in [0.25, 0.3) is 0 Å². The molecule has 3 N–H and O–H groups in total. The van der Waals surface area contributed by atoms with Crippen molar-refractivity contribution in [2.75, 3.05) is 11.1 Å².